The summed E-state index contributed by atoms with van der Waals surface area (Å²) in [6.07, 6.45) is 3.13. The fourth-order valence-electron chi connectivity index (χ4n) is 1.77. The van der Waals surface area contributed by atoms with Gasteiger partial charge in [-0.15, -0.1) is 0 Å². The van der Waals surface area contributed by atoms with Gasteiger partial charge in [-0.1, -0.05) is 0 Å². The van der Waals surface area contributed by atoms with Crippen LogP contribution in [0.1, 0.15) is 18.1 Å². The van der Waals surface area contributed by atoms with Gasteiger partial charge in [0.15, 0.2) is 11.5 Å². The molecule has 2 rings (SSSR count). The number of carbonyl (C=O) groups excluding carboxylic acids is 1. The van der Waals surface area contributed by atoms with Crippen molar-refractivity contribution < 1.29 is 19.4 Å². The number of hydrogen-bond donors (Lipinski definition) is 1. The summed E-state index contributed by atoms with van der Waals surface area (Å²) in [6, 6.07) is 11.8. The molecule has 0 amide bonds. The Labute approximate surface area is 133 Å². The van der Waals surface area contributed by atoms with Crippen LogP contribution >= 0.6 is 0 Å². The molecular weight excluding hydrogens is 296 g/mol. The monoisotopic (exact) mass is 312 g/mol. The molecular formula is C17H16N2O4. The predicted molar refractivity (Wildman–Crippen MR) is 87.6 cm³/mol. The molecule has 0 radical (unpaired) electrons. The van der Waals surface area contributed by atoms with Crippen LogP contribution in [0.15, 0.2) is 52.7 Å². The number of hydrogen-bond acceptors (Lipinski definition) is 6. The minimum atomic E-state index is 0.0881. The van der Waals surface area contributed by atoms with Crippen LogP contribution in [0.3, 0.4) is 0 Å². The maximum absolute atomic E-state index is 10.2. The van der Waals surface area contributed by atoms with Crippen LogP contribution in [0.4, 0.5) is 0 Å². The minimum absolute atomic E-state index is 0.0881. The molecule has 0 aliphatic carbocycles. The highest BCUT2D eigenvalue weighted by Crippen LogP contribution is 2.26. The van der Waals surface area contributed by atoms with Crippen molar-refractivity contribution >= 4 is 18.9 Å². The number of rotatable bonds is 7. The van der Waals surface area contributed by atoms with Crippen molar-refractivity contribution in [3.8, 4) is 17.2 Å². The second-order valence-corrected chi connectivity index (χ2v) is 4.43. The average Bonchev–Trinajstić information content (AvgIpc) is 2.56. The first-order valence-electron chi connectivity index (χ1n) is 6.95. The molecule has 6 nitrogen and oxygen atoms in total. The number of benzene rings is 2. The molecule has 0 atom stereocenters. The molecule has 0 aliphatic heterocycles. The second kappa shape index (κ2) is 8.33. The van der Waals surface area contributed by atoms with Crippen molar-refractivity contribution in [1.29, 1.82) is 0 Å². The summed E-state index contributed by atoms with van der Waals surface area (Å²) in [5.74, 6) is 0.963. The Morgan fingerprint density at radius 1 is 1.04 bits per heavy atom. The Morgan fingerprint density at radius 3 is 2.35 bits per heavy atom. The van der Waals surface area contributed by atoms with Crippen LogP contribution < -0.4 is 9.47 Å². The van der Waals surface area contributed by atoms with E-state index in [2.05, 4.69) is 10.2 Å². The first-order valence-corrected chi connectivity index (χ1v) is 6.95. The minimum Gasteiger partial charge on any atom is -0.504 e. The van der Waals surface area contributed by atoms with Crippen LogP contribution in [0.5, 0.6) is 17.2 Å². The van der Waals surface area contributed by atoms with Crippen molar-refractivity contribution in [3.05, 3.63) is 53.6 Å². The normalized spacial score (nSPS) is 11.0. The summed E-state index contributed by atoms with van der Waals surface area (Å²) in [6.45, 7) is 2.69. The van der Waals surface area contributed by atoms with Gasteiger partial charge in [0.1, 0.15) is 5.75 Å². The van der Waals surface area contributed by atoms with Crippen LogP contribution in [-0.2, 0) is 4.79 Å². The van der Waals surface area contributed by atoms with E-state index in [1.54, 1.807) is 54.9 Å². The summed E-state index contributed by atoms with van der Waals surface area (Å²) in [4.78, 5) is 10.2. The van der Waals surface area contributed by atoms with Crippen LogP contribution in [0, 0.1) is 0 Å². The fraction of sp³-hybridized carbons (Fsp3) is 0.118. The third-order valence-corrected chi connectivity index (χ3v) is 2.83. The first-order chi connectivity index (χ1) is 11.2. The molecule has 0 unspecified atom stereocenters. The summed E-state index contributed by atoms with van der Waals surface area (Å²) in [7, 11) is 0. The number of aromatic hydroxyl groups is 1. The van der Waals surface area contributed by atoms with Crippen molar-refractivity contribution in [2.24, 2.45) is 10.2 Å². The molecule has 0 saturated carbocycles. The molecule has 0 spiro atoms. The Morgan fingerprint density at radius 2 is 1.70 bits per heavy atom. The number of phenols is 1. The zero-order valence-corrected chi connectivity index (χ0v) is 12.5. The smallest absolute Gasteiger partial charge is 0.298 e. The Hall–Kier alpha value is -3.15. The van der Waals surface area contributed by atoms with Gasteiger partial charge in [0.05, 0.1) is 19.0 Å². The molecule has 2 aromatic carbocycles. The van der Waals surface area contributed by atoms with Gasteiger partial charge in [-0.2, -0.15) is 10.2 Å². The van der Waals surface area contributed by atoms with E-state index in [9.17, 15) is 9.90 Å². The lowest BCUT2D eigenvalue weighted by Gasteiger charge is -2.05. The van der Waals surface area contributed by atoms with Crippen molar-refractivity contribution in [3.63, 3.8) is 0 Å². The standard InChI is InChI=1S/C17H16N2O4/c1-2-22-17-9-14(5-8-16(17)21)11-19-18-10-13-3-6-15(7-4-13)23-12-20/h3-12,21H,2H2,1H3. The lowest BCUT2D eigenvalue weighted by atomic mass is 10.2. The summed E-state index contributed by atoms with van der Waals surface area (Å²) < 4.78 is 10.00. The summed E-state index contributed by atoms with van der Waals surface area (Å²) in [5.41, 5.74) is 1.58. The van der Waals surface area contributed by atoms with Crippen molar-refractivity contribution in [2.75, 3.05) is 6.61 Å². The van der Waals surface area contributed by atoms with Gasteiger partial charge in [-0.25, -0.2) is 0 Å². The second-order valence-electron chi connectivity index (χ2n) is 4.43. The molecule has 0 fully saturated rings. The van der Waals surface area contributed by atoms with E-state index in [1.807, 2.05) is 6.92 Å². The largest absolute Gasteiger partial charge is 0.504 e. The summed E-state index contributed by atoms with van der Waals surface area (Å²) in [5, 5.41) is 17.5. The van der Waals surface area contributed by atoms with E-state index < -0.39 is 0 Å². The average molecular weight is 312 g/mol. The van der Waals surface area contributed by atoms with Gasteiger partial charge >= 0.3 is 0 Å². The van der Waals surface area contributed by atoms with Gasteiger partial charge < -0.3 is 14.6 Å². The fourth-order valence-corrected chi connectivity index (χ4v) is 1.77. The number of carbonyl (C=O) groups is 1. The maximum atomic E-state index is 10.2. The highest BCUT2D eigenvalue weighted by molar-refractivity contribution is 5.83. The molecule has 118 valence electrons. The third kappa shape index (κ3) is 4.96. The molecule has 0 bridgehead atoms. The molecule has 0 aliphatic rings. The van der Waals surface area contributed by atoms with Crippen molar-refractivity contribution in [1.82, 2.24) is 0 Å². The van der Waals surface area contributed by atoms with E-state index in [4.69, 9.17) is 9.47 Å². The lowest BCUT2D eigenvalue weighted by Crippen LogP contribution is -1.93. The molecule has 2 aromatic rings. The maximum Gasteiger partial charge on any atom is 0.298 e. The Balaban J connectivity index is 2.00. The van der Waals surface area contributed by atoms with E-state index >= 15 is 0 Å². The van der Waals surface area contributed by atoms with E-state index in [0.717, 1.165) is 11.1 Å². The molecule has 0 aromatic heterocycles. The number of phenolic OH excluding ortho intramolecular Hbond substituents is 1. The van der Waals surface area contributed by atoms with Gasteiger partial charge in [0.2, 0.25) is 0 Å². The molecule has 1 N–H and O–H groups in total. The topological polar surface area (TPSA) is 80.5 Å². The zero-order valence-electron chi connectivity index (χ0n) is 12.5. The van der Waals surface area contributed by atoms with Crippen LogP contribution in [-0.4, -0.2) is 30.6 Å². The molecule has 0 saturated heterocycles. The van der Waals surface area contributed by atoms with Gasteiger partial charge in [0, 0.05) is 0 Å². The third-order valence-electron chi connectivity index (χ3n) is 2.83. The predicted octanol–water partition coefficient (Wildman–Crippen LogP) is 2.78. The number of nitrogens with zero attached hydrogens (tertiary/aromatic N) is 2. The highest BCUT2D eigenvalue weighted by Gasteiger charge is 2.01. The van der Waals surface area contributed by atoms with Crippen molar-refractivity contribution in [2.45, 2.75) is 6.92 Å². The van der Waals surface area contributed by atoms with E-state index in [0.29, 0.717) is 24.6 Å². The first kappa shape index (κ1) is 16.2. The Bertz CT molecular complexity index is 709. The van der Waals surface area contributed by atoms with Gasteiger partial charge in [-0.3, -0.25) is 4.79 Å². The zero-order chi connectivity index (χ0) is 16.5. The molecule has 0 heterocycles. The number of ether oxygens (including phenoxy) is 2. The SMILES string of the molecule is CCOc1cc(C=NN=Cc2ccc(OC=O)cc2)ccc1O. The van der Waals surface area contributed by atoms with Crippen LogP contribution in [0.2, 0.25) is 0 Å². The summed E-state index contributed by atoms with van der Waals surface area (Å²) >= 11 is 0. The van der Waals surface area contributed by atoms with E-state index in [-0.39, 0.29) is 5.75 Å². The van der Waals surface area contributed by atoms with Gasteiger partial charge in [-0.05, 0) is 60.5 Å². The quantitative estimate of drug-likeness (QED) is 0.484. The lowest BCUT2D eigenvalue weighted by molar-refractivity contribution is -0.120. The highest BCUT2D eigenvalue weighted by atomic mass is 16.5. The Kier molecular flexibility index (Phi) is 5.88. The van der Waals surface area contributed by atoms with E-state index in [1.165, 1.54) is 0 Å². The molecule has 6 heteroatoms. The van der Waals surface area contributed by atoms with Gasteiger partial charge in [0.25, 0.3) is 6.47 Å². The van der Waals surface area contributed by atoms with Crippen LogP contribution in [0.25, 0.3) is 0 Å². The molecule has 23 heavy (non-hydrogen) atoms.